The summed E-state index contributed by atoms with van der Waals surface area (Å²) in [5, 5.41) is 3.39. The van der Waals surface area contributed by atoms with Gasteiger partial charge < -0.3 is 14.8 Å². The third-order valence-electron chi connectivity index (χ3n) is 3.40. The minimum absolute atomic E-state index is 0.415. The largest absolute Gasteiger partial charge is 0.481 e. The fourth-order valence-electron chi connectivity index (χ4n) is 2.34. The molecule has 0 aliphatic carbocycles. The van der Waals surface area contributed by atoms with E-state index in [-0.39, 0.29) is 0 Å². The first kappa shape index (κ1) is 14.2. The highest BCUT2D eigenvalue weighted by Gasteiger charge is 2.23. The minimum Gasteiger partial charge on any atom is -0.481 e. The number of nitrogens with zero attached hydrogens (tertiary/aromatic N) is 2. The van der Waals surface area contributed by atoms with Gasteiger partial charge in [0.15, 0.2) is 0 Å². The molecule has 1 atom stereocenters. The Hall–Kier alpha value is -1.17. The number of pyridine rings is 1. The highest BCUT2D eigenvalue weighted by atomic mass is 16.5. The summed E-state index contributed by atoms with van der Waals surface area (Å²) in [4.78, 5) is 6.69. The predicted molar refractivity (Wildman–Crippen MR) is 74.3 cm³/mol. The summed E-state index contributed by atoms with van der Waals surface area (Å²) in [6.07, 6.45) is 1.76. The Morgan fingerprint density at radius 3 is 3.26 bits per heavy atom. The number of rotatable bonds is 6. The number of methoxy groups -OCH3 is 1. The number of likely N-dealkylation sites (N-methyl/N-ethyl adjacent to an activating group) is 1. The smallest absolute Gasteiger partial charge is 0.217 e. The van der Waals surface area contributed by atoms with E-state index in [1.807, 2.05) is 6.07 Å². The Morgan fingerprint density at radius 2 is 2.47 bits per heavy atom. The average Bonchev–Trinajstić information content (AvgIpc) is 2.47. The summed E-state index contributed by atoms with van der Waals surface area (Å²) < 4.78 is 10.9. The van der Waals surface area contributed by atoms with Crippen molar-refractivity contribution in [2.45, 2.75) is 19.5 Å². The molecular weight excluding hydrogens is 242 g/mol. The second kappa shape index (κ2) is 7.43. The van der Waals surface area contributed by atoms with Crippen molar-refractivity contribution in [2.75, 3.05) is 40.0 Å². The van der Waals surface area contributed by atoms with E-state index in [2.05, 4.69) is 28.2 Å². The monoisotopic (exact) mass is 265 g/mol. The average molecular weight is 265 g/mol. The van der Waals surface area contributed by atoms with Crippen LogP contribution in [-0.4, -0.2) is 55.9 Å². The zero-order chi connectivity index (χ0) is 13.5. The summed E-state index contributed by atoms with van der Waals surface area (Å²) in [5.41, 5.74) is 1.13. The number of hydrogen-bond donors (Lipinski definition) is 1. The third-order valence-corrected chi connectivity index (χ3v) is 3.40. The molecule has 0 bridgehead atoms. The number of hydrogen-bond acceptors (Lipinski definition) is 5. The normalized spacial score (nSPS) is 20.4. The van der Waals surface area contributed by atoms with Crippen molar-refractivity contribution >= 4 is 0 Å². The highest BCUT2D eigenvalue weighted by molar-refractivity contribution is 5.25. The van der Waals surface area contributed by atoms with Crippen LogP contribution in [0.1, 0.15) is 12.5 Å². The molecule has 1 aromatic heterocycles. The maximum Gasteiger partial charge on any atom is 0.217 e. The minimum atomic E-state index is 0.415. The zero-order valence-electron chi connectivity index (χ0n) is 11.8. The lowest BCUT2D eigenvalue weighted by Crippen LogP contribution is -2.49. The summed E-state index contributed by atoms with van der Waals surface area (Å²) in [6.45, 7) is 7.46. The van der Waals surface area contributed by atoms with E-state index in [1.165, 1.54) is 0 Å². The Morgan fingerprint density at radius 1 is 1.58 bits per heavy atom. The summed E-state index contributed by atoms with van der Waals surface area (Å²) in [6, 6.07) is 4.45. The van der Waals surface area contributed by atoms with Crippen LogP contribution in [0, 0.1) is 0 Å². The molecule has 1 saturated heterocycles. The summed E-state index contributed by atoms with van der Waals surface area (Å²) in [5.74, 6) is 0.719. The van der Waals surface area contributed by atoms with Crippen molar-refractivity contribution in [3.63, 3.8) is 0 Å². The van der Waals surface area contributed by atoms with E-state index in [0.717, 1.165) is 50.8 Å². The van der Waals surface area contributed by atoms with Gasteiger partial charge in [0, 0.05) is 37.4 Å². The van der Waals surface area contributed by atoms with Crippen LogP contribution in [0.25, 0.3) is 0 Å². The molecule has 0 aromatic carbocycles. The molecule has 0 amide bonds. The van der Waals surface area contributed by atoms with Gasteiger partial charge in [0.05, 0.1) is 20.3 Å². The molecule has 1 aliphatic heterocycles. The van der Waals surface area contributed by atoms with E-state index in [9.17, 15) is 0 Å². The van der Waals surface area contributed by atoms with Crippen molar-refractivity contribution in [1.29, 1.82) is 0 Å². The van der Waals surface area contributed by atoms with Gasteiger partial charge in [-0.25, -0.2) is 4.98 Å². The molecule has 5 nitrogen and oxygen atoms in total. The number of aromatic nitrogens is 1. The van der Waals surface area contributed by atoms with E-state index in [1.54, 1.807) is 13.3 Å². The second-order valence-corrected chi connectivity index (χ2v) is 4.68. The standard InChI is InChI=1S/C14H23N3O2/c1-3-15-9-13-11-19-8-7-17(13)10-12-5-4-6-16-14(12)18-2/h4-6,13,15H,3,7-11H2,1-2H3. The van der Waals surface area contributed by atoms with E-state index >= 15 is 0 Å². The topological polar surface area (TPSA) is 46.6 Å². The lowest BCUT2D eigenvalue weighted by molar-refractivity contribution is -0.0110. The lowest BCUT2D eigenvalue weighted by atomic mass is 10.1. The summed E-state index contributed by atoms with van der Waals surface area (Å²) >= 11 is 0. The van der Waals surface area contributed by atoms with Crippen LogP contribution in [0.4, 0.5) is 0 Å². The molecule has 0 saturated carbocycles. The van der Waals surface area contributed by atoms with E-state index in [0.29, 0.717) is 6.04 Å². The van der Waals surface area contributed by atoms with Crippen molar-refractivity contribution in [3.05, 3.63) is 23.9 Å². The molecule has 2 rings (SSSR count). The predicted octanol–water partition coefficient (Wildman–Crippen LogP) is 0.900. The highest BCUT2D eigenvalue weighted by Crippen LogP contribution is 2.18. The second-order valence-electron chi connectivity index (χ2n) is 4.68. The Bertz CT molecular complexity index is 387. The van der Waals surface area contributed by atoms with Crippen LogP contribution in [0.3, 0.4) is 0 Å². The van der Waals surface area contributed by atoms with Crippen LogP contribution >= 0.6 is 0 Å². The van der Waals surface area contributed by atoms with Crippen LogP contribution in [0.15, 0.2) is 18.3 Å². The zero-order valence-corrected chi connectivity index (χ0v) is 11.8. The first-order valence-electron chi connectivity index (χ1n) is 6.85. The fraction of sp³-hybridized carbons (Fsp3) is 0.643. The molecule has 106 valence electrons. The van der Waals surface area contributed by atoms with Gasteiger partial charge in [-0.2, -0.15) is 0 Å². The number of ether oxygens (including phenoxy) is 2. The van der Waals surface area contributed by atoms with E-state index in [4.69, 9.17) is 9.47 Å². The molecule has 1 aliphatic rings. The Kier molecular flexibility index (Phi) is 5.57. The number of morpholine rings is 1. The van der Waals surface area contributed by atoms with Gasteiger partial charge >= 0.3 is 0 Å². The lowest BCUT2D eigenvalue weighted by Gasteiger charge is -2.35. The molecule has 2 heterocycles. The van der Waals surface area contributed by atoms with Crippen molar-refractivity contribution < 1.29 is 9.47 Å². The van der Waals surface area contributed by atoms with Crippen LogP contribution in [-0.2, 0) is 11.3 Å². The summed E-state index contributed by atoms with van der Waals surface area (Å²) in [7, 11) is 1.67. The third kappa shape index (κ3) is 3.89. The van der Waals surface area contributed by atoms with Crippen LogP contribution in [0.5, 0.6) is 5.88 Å². The first-order valence-corrected chi connectivity index (χ1v) is 6.85. The van der Waals surface area contributed by atoms with E-state index < -0.39 is 0 Å². The molecule has 1 aromatic rings. The van der Waals surface area contributed by atoms with Crippen molar-refractivity contribution in [2.24, 2.45) is 0 Å². The molecular formula is C14H23N3O2. The fourth-order valence-corrected chi connectivity index (χ4v) is 2.34. The van der Waals surface area contributed by atoms with Crippen molar-refractivity contribution in [1.82, 2.24) is 15.2 Å². The molecule has 0 spiro atoms. The maximum absolute atomic E-state index is 5.58. The van der Waals surface area contributed by atoms with Gasteiger partial charge in [0.2, 0.25) is 5.88 Å². The molecule has 19 heavy (non-hydrogen) atoms. The first-order chi connectivity index (χ1) is 9.35. The quantitative estimate of drug-likeness (QED) is 0.828. The number of nitrogens with one attached hydrogen (secondary N) is 1. The molecule has 1 fully saturated rings. The van der Waals surface area contributed by atoms with Gasteiger partial charge in [-0.1, -0.05) is 13.0 Å². The molecule has 1 N–H and O–H groups in total. The van der Waals surface area contributed by atoms with Gasteiger partial charge in [-0.05, 0) is 12.6 Å². The van der Waals surface area contributed by atoms with Crippen LogP contribution in [0.2, 0.25) is 0 Å². The maximum atomic E-state index is 5.58. The van der Waals surface area contributed by atoms with Gasteiger partial charge in [0.25, 0.3) is 0 Å². The SMILES string of the molecule is CCNCC1COCCN1Cc1cccnc1OC. The van der Waals surface area contributed by atoms with Crippen LogP contribution < -0.4 is 10.1 Å². The van der Waals surface area contributed by atoms with Gasteiger partial charge in [0.1, 0.15) is 0 Å². The molecule has 0 radical (unpaired) electrons. The van der Waals surface area contributed by atoms with Gasteiger partial charge in [-0.15, -0.1) is 0 Å². The molecule has 5 heteroatoms. The van der Waals surface area contributed by atoms with Crippen molar-refractivity contribution in [3.8, 4) is 5.88 Å². The van der Waals surface area contributed by atoms with Gasteiger partial charge in [-0.3, -0.25) is 4.90 Å². The molecule has 1 unspecified atom stereocenters. The Labute approximate surface area is 114 Å². The Balaban J connectivity index is 2.02.